The highest BCUT2D eigenvalue weighted by molar-refractivity contribution is 9.14. The summed E-state index contributed by atoms with van der Waals surface area (Å²) < 4.78 is 2.76. The van der Waals surface area contributed by atoms with Gasteiger partial charge in [-0.3, -0.25) is 0 Å². The molecule has 58 valence electrons. The smallest absolute Gasteiger partial charge is 0.00518 e. The van der Waals surface area contributed by atoms with Crippen LogP contribution in [0.25, 0.3) is 0 Å². The summed E-state index contributed by atoms with van der Waals surface area (Å²) in [4.78, 5) is 0. The molecule has 0 nitrogen and oxygen atoms in total. The zero-order valence-electron chi connectivity index (χ0n) is 6.00. The lowest BCUT2D eigenvalue weighted by Crippen LogP contribution is -1.87. The Labute approximate surface area is 79.3 Å². The predicted molar refractivity (Wildman–Crippen MR) is 52.6 cm³/mol. The number of hydrogen-bond acceptors (Lipinski definition) is 0. The molecule has 0 aromatic carbocycles. The van der Waals surface area contributed by atoms with Gasteiger partial charge in [-0.05, 0) is 25.7 Å². The van der Waals surface area contributed by atoms with E-state index in [0.717, 1.165) is 0 Å². The molecular formula is C8H12Br2. The Hall–Kier alpha value is 0.700. The highest BCUT2D eigenvalue weighted by Crippen LogP contribution is 2.30. The van der Waals surface area contributed by atoms with Crippen LogP contribution >= 0.6 is 31.9 Å². The molecule has 0 fully saturated rings. The van der Waals surface area contributed by atoms with Gasteiger partial charge in [-0.15, -0.1) is 0 Å². The van der Waals surface area contributed by atoms with Crippen molar-refractivity contribution in [1.29, 1.82) is 0 Å². The van der Waals surface area contributed by atoms with E-state index in [1.165, 1.54) is 47.5 Å². The van der Waals surface area contributed by atoms with Crippen LogP contribution in [0.15, 0.2) is 8.96 Å². The second-order valence-corrected chi connectivity index (χ2v) is 4.64. The van der Waals surface area contributed by atoms with Crippen LogP contribution < -0.4 is 0 Å². The summed E-state index contributed by atoms with van der Waals surface area (Å²) in [5, 5.41) is 0. The quantitative estimate of drug-likeness (QED) is 0.613. The first-order chi connectivity index (χ1) is 4.80. The fourth-order valence-corrected chi connectivity index (χ4v) is 2.14. The second kappa shape index (κ2) is 4.55. The van der Waals surface area contributed by atoms with Gasteiger partial charge in [0.15, 0.2) is 0 Å². The minimum absolute atomic E-state index is 1.22. The Kier molecular flexibility index (Phi) is 4.00. The summed E-state index contributed by atoms with van der Waals surface area (Å²) in [7, 11) is 0. The Morgan fingerprint density at radius 1 is 0.700 bits per heavy atom. The highest BCUT2D eigenvalue weighted by atomic mass is 79.9. The third-order valence-corrected chi connectivity index (χ3v) is 4.12. The first kappa shape index (κ1) is 8.79. The lowest BCUT2D eigenvalue weighted by molar-refractivity contribution is 0.633. The van der Waals surface area contributed by atoms with Crippen LogP contribution in [-0.2, 0) is 0 Å². The van der Waals surface area contributed by atoms with Crippen molar-refractivity contribution in [3.05, 3.63) is 8.96 Å². The zero-order valence-corrected chi connectivity index (χ0v) is 9.17. The third kappa shape index (κ3) is 2.75. The predicted octanol–water partition coefficient (Wildman–Crippen LogP) is 4.34. The molecule has 2 heteroatoms. The van der Waals surface area contributed by atoms with Crippen LogP contribution in [0.5, 0.6) is 0 Å². The molecule has 0 aromatic heterocycles. The van der Waals surface area contributed by atoms with Gasteiger partial charge < -0.3 is 0 Å². The van der Waals surface area contributed by atoms with Crippen molar-refractivity contribution >= 4 is 31.9 Å². The van der Waals surface area contributed by atoms with Crippen molar-refractivity contribution in [2.24, 2.45) is 0 Å². The van der Waals surface area contributed by atoms with Crippen molar-refractivity contribution in [2.75, 3.05) is 0 Å². The minimum atomic E-state index is 1.22. The average Bonchev–Trinajstić information content (AvgIpc) is 1.92. The SMILES string of the molecule is Br/C1=C(\Br)CCCCCC1. The van der Waals surface area contributed by atoms with E-state index < -0.39 is 0 Å². The highest BCUT2D eigenvalue weighted by Gasteiger charge is 2.04. The lowest BCUT2D eigenvalue weighted by atomic mass is 10.1. The zero-order chi connectivity index (χ0) is 7.40. The monoisotopic (exact) mass is 266 g/mol. The summed E-state index contributed by atoms with van der Waals surface area (Å²) in [5.41, 5.74) is 0. The van der Waals surface area contributed by atoms with Gasteiger partial charge in [-0.1, -0.05) is 44.7 Å². The summed E-state index contributed by atoms with van der Waals surface area (Å²) in [5.74, 6) is 0. The van der Waals surface area contributed by atoms with Gasteiger partial charge in [-0.2, -0.15) is 0 Å². The molecule has 0 saturated heterocycles. The number of halogens is 2. The van der Waals surface area contributed by atoms with Crippen molar-refractivity contribution in [3.8, 4) is 0 Å². The van der Waals surface area contributed by atoms with E-state index in [4.69, 9.17) is 0 Å². The standard InChI is InChI=1S/C8H12Br2/c9-7-5-3-1-2-4-6-8(7)10/h1-6H2/b8-7-. The molecule has 0 heterocycles. The molecule has 0 radical (unpaired) electrons. The molecule has 1 rings (SSSR count). The van der Waals surface area contributed by atoms with Crippen molar-refractivity contribution in [1.82, 2.24) is 0 Å². The molecule has 0 aromatic rings. The van der Waals surface area contributed by atoms with Crippen molar-refractivity contribution in [2.45, 2.75) is 38.5 Å². The van der Waals surface area contributed by atoms with Gasteiger partial charge >= 0.3 is 0 Å². The van der Waals surface area contributed by atoms with Crippen LogP contribution in [0.3, 0.4) is 0 Å². The fourth-order valence-electron chi connectivity index (χ4n) is 1.19. The Balaban J connectivity index is 2.51. The van der Waals surface area contributed by atoms with Crippen molar-refractivity contribution in [3.63, 3.8) is 0 Å². The number of rotatable bonds is 0. The van der Waals surface area contributed by atoms with Gasteiger partial charge in [0.05, 0.1) is 0 Å². The molecule has 0 saturated carbocycles. The van der Waals surface area contributed by atoms with Gasteiger partial charge in [0, 0.05) is 8.96 Å². The van der Waals surface area contributed by atoms with Crippen LogP contribution in [0.2, 0.25) is 0 Å². The van der Waals surface area contributed by atoms with E-state index in [2.05, 4.69) is 31.9 Å². The molecule has 1 aliphatic carbocycles. The van der Waals surface area contributed by atoms with E-state index in [1.54, 1.807) is 0 Å². The third-order valence-electron chi connectivity index (χ3n) is 1.84. The summed E-state index contributed by atoms with van der Waals surface area (Å²) in [6, 6.07) is 0. The van der Waals surface area contributed by atoms with Gasteiger partial charge in [0.1, 0.15) is 0 Å². The fraction of sp³-hybridized carbons (Fsp3) is 0.750. The van der Waals surface area contributed by atoms with Crippen molar-refractivity contribution < 1.29 is 0 Å². The Morgan fingerprint density at radius 2 is 1.10 bits per heavy atom. The molecular weight excluding hydrogens is 256 g/mol. The van der Waals surface area contributed by atoms with Gasteiger partial charge in [-0.25, -0.2) is 0 Å². The molecule has 0 bridgehead atoms. The molecule has 0 N–H and O–H groups in total. The van der Waals surface area contributed by atoms with E-state index in [9.17, 15) is 0 Å². The van der Waals surface area contributed by atoms with E-state index in [1.807, 2.05) is 0 Å². The normalized spacial score (nSPS) is 29.4. The molecule has 0 atom stereocenters. The molecule has 0 aliphatic heterocycles. The lowest BCUT2D eigenvalue weighted by Gasteiger charge is -2.08. The molecule has 1 aliphatic rings. The maximum atomic E-state index is 3.57. The van der Waals surface area contributed by atoms with E-state index >= 15 is 0 Å². The largest absolute Gasteiger partial charge is 0.0548 e. The van der Waals surface area contributed by atoms with Crippen LogP contribution in [0.4, 0.5) is 0 Å². The topological polar surface area (TPSA) is 0 Å². The Bertz CT molecular complexity index is 122. The maximum Gasteiger partial charge on any atom is 0.00518 e. The number of hydrogen-bond donors (Lipinski definition) is 0. The summed E-state index contributed by atoms with van der Waals surface area (Å²) in [6.07, 6.45) is 7.93. The average molecular weight is 268 g/mol. The van der Waals surface area contributed by atoms with Gasteiger partial charge in [0.25, 0.3) is 0 Å². The summed E-state index contributed by atoms with van der Waals surface area (Å²) >= 11 is 7.14. The van der Waals surface area contributed by atoms with Crippen LogP contribution in [-0.4, -0.2) is 0 Å². The van der Waals surface area contributed by atoms with E-state index in [-0.39, 0.29) is 0 Å². The molecule has 10 heavy (non-hydrogen) atoms. The van der Waals surface area contributed by atoms with Crippen LogP contribution in [0.1, 0.15) is 38.5 Å². The first-order valence-electron chi connectivity index (χ1n) is 3.84. The maximum absolute atomic E-state index is 3.57. The van der Waals surface area contributed by atoms with Gasteiger partial charge in [0.2, 0.25) is 0 Å². The number of allylic oxidation sites excluding steroid dienone is 2. The summed E-state index contributed by atoms with van der Waals surface area (Å²) in [6.45, 7) is 0. The minimum Gasteiger partial charge on any atom is -0.0548 e. The second-order valence-electron chi connectivity index (χ2n) is 2.72. The first-order valence-corrected chi connectivity index (χ1v) is 5.42. The molecule has 0 amide bonds. The van der Waals surface area contributed by atoms with E-state index in [0.29, 0.717) is 0 Å². The molecule has 0 unspecified atom stereocenters. The van der Waals surface area contributed by atoms with Crippen LogP contribution in [0, 0.1) is 0 Å². The molecule has 0 spiro atoms. The Morgan fingerprint density at radius 3 is 1.50 bits per heavy atom.